The molecule has 0 fully saturated rings. The topological polar surface area (TPSA) is 59.1 Å². The quantitative estimate of drug-likeness (QED) is 0.723. The molecule has 0 aliphatic carbocycles. The molecule has 0 atom stereocenters. The van der Waals surface area contributed by atoms with E-state index in [1.807, 2.05) is 23.6 Å². The van der Waals surface area contributed by atoms with Crippen LogP contribution in [0.3, 0.4) is 0 Å². The molecular weight excluding hydrogens is 371 g/mol. The minimum absolute atomic E-state index is 0.0730. The highest BCUT2D eigenvalue weighted by Crippen LogP contribution is 2.24. The van der Waals surface area contributed by atoms with E-state index in [2.05, 4.69) is 9.71 Å². The number of aromatic nitrogens is 1. The molecule has 1 aromatic carbocycles. The van der Waals surface area contributed by atoms with Gasteiger partial charge in [-0.25, -0.2) is 17.5 Å². The monoisotopic (exact) mass is 382 g/mol. The van der Waals surface area contributed by atoms with Gasteiger partial charge in [-0.15, -0.1) is 11.3 Å². The molecule has 4 nitrogen and oxygen atoms in total. The molecule has 24 heavy (non-hydrogen) atoms. The van der Waals surface area contributed by atoms with Gasteiger partial charge in [0.15, 0.2) is 0 Å². The van der Waals surface area contributed by atoms with Gasteiger partial charge in [0, 0.05) is 29.4 Å². The van der Waals surface area contributed by atoms with Gasteiger partial charge in [-0.3, -0.25) is 4.98 Å². The first-order valence-electron chi connectivity index (χ1n) is 6.88. The van der Waals surface area contributed by atoms with E-state index in [9.17, 15) is 12.8 Å². The summed E-state index contributed by atoms with van der Waals surface area (Å²) in [6, 6.07) is 9.06. The predicted molar refractivity (Wildman–Crippen MR) is 93.0 cm³/mol. The predicted octanol–water partition coefficient (Wildman–Crippen LogP) is 4.08. The van der Waals surface area contributed by atoms with Crippen molar-refractivity contribution in [1.82, 2.24) is 9.71 Å². The molecule has 0 saturated heterocycles. The Balaban J connectivity index is 1.77. The van der Waals surface area contributed by atoms with Crippen molar-refractivity contribution in [3.8, 4) is 10.4 Å². The first kappa shape index (κ1) is 17.0. The van der Waals surface area contributed by atoms with E-state index < -0.39 is 15.8 Å². The van der Waals surface area contributed by atoms with E-state index in [1.54, 1.807) is 23.7 Å². The number of thiophene rings is 1. The molecule has 0 aliphatic rings. The molecule has 8 heteroatoms. The van der Waals surface area contributed by atoms with Crippen molar-refractivity contribution < 1.29 is 12.8 Å². The maximum atomic E-state index is 13.2. The summed E-state index contributed by atoms with van der Waals surface area (Å²) in [5.41, 5.74) is 1.64. The van der Waals surface area contributed by atoms with Crippen LogP contribution in [0.25, 0.3) is 10.4 Å². The van der Waals surface area contributed by atoms with Gasteiger partial charge >= 0.3 is 0 Å². The third-order valence-electron chi connectivity index (χ3n) is 3.27. The fraction of sp³-hybridized carbons (Fsp3) is 0.0625. The van der Waals surface area contributed by atoms with Crippen molar-refractivity contribution >= 4 is 33.0 Å². The van der Waals surface area contributed by atoms with E-state index in [-0.39, 0.29) is 16.5 Å². The van der Waals surface area contributed by atoms with Gasteiger partial charge in [0.05, 0.1) is 9.92 Å². The summed E-state index contributed by atoms with van der Waals surface area (Å²) in [6.07, 6.45) is 3.32. The van der Waals surface area contributed by atoms with Crippen LogP contribution in [-0.2, 0) is 16.6 Å². The number of hydrogen-bond acceptors (Lipinski definition) is 4. The number of halogens is 2. The van der Waals surface area contributed by atoms with Crippen LogP contribution in [0.2, 0.25) is 5.02 Å². The molecule has 0 amide bonds. The van der Waals surface area contributed by atoms with Crippen LogP contribution in [-0.4, -0.2) is 13.4 Å². The van der Waals surface area contributed by atoms with Gasteiger partial charge in [-0.2, -0.15) is 0 Å². The molecule has 1 N–H and O–H groups in total. The summed E-state index contributed by atoms with van der Waals surface area (Å²) in [4.78, 5) is 5.11. The normalized spacial score (nSPS) is 11.6. The van der Waals surface area contributed by atoms with Gasteiger partial charge in [0.2, 0.25) is 10.0 Å². The standard InChI is InChI=1S/C16H12ClFN2O2S2/c17-14-7-13(3-4-15(14)18)24(21,22)20-9-11-6-12(10-19-8-11)16-2-1-5-23-16/h1-8,10,20H,9H2. The molecule has 2 heterocycles. The molecule has 0 radical (unpaired) electrons. The Hall–Kier alpha value is -1.80. The maximum Gasteiger partial charge on any atom is 0.240 e. The second-order valence-electron chi connectivity index (χ2n) is 4.96. The Bertz CT molecular complexity index is 960. The molecule has 3 rings (SSSR count). The van der Waals surface area contributed by atoms with E-state index in [0.29, 0.717) is 0 Å². The van der Waals surface area contributed by atoms with E-state index in [4.69, 9.17) is 11.6 Å². The molecule has 124 valence electrons. The van der Waals surface area contributed by atoms with E-state index >= 15 is 0 Å². The average molecular weight is 383 g/mol. The molecule has 2 aromatic heterocycles. The SMILES string of the molecule is O=S(=O)(NCc1cncc(-c2cccs2)c1)c1ccc(F)c(Cl)c1. The highest BCUT2D eigenvalue weighted by molar-refractivity contribution is 7.89. The first-order valence-corrected chi connectivity index (χ1v) is 9.62. The van der Waals surface area contributed by atoms with Crippen molar-refractivity contribution in [2.24, 2.45) is 0 Å². The number of rotatable bonds is 5. The molecule has 3 aromatic rings. The molecular formula is C16H12ClFN2O2S2. The Morgan fingerprint density at radius 1 is 1.21 bits per heavy atom. The van der Waals surface area contributed by atoms with Crippen LogP contribution in [0, 0.1) is 5.82 Å². The Morgan fingerprint density at radius 2 is 2.04 bits per heavy atom. The average Bonchev–Trinajstić information content (AvgIpc) is 3.10. The van der Waals surface area contributed by atoms with Crippen LogP contribution < -0.4 is 4.72 Å². The Morgan fingerprint density at radius 3 is 2.75 bits per heavy atom. The van der Waals surface area contributed by atoms with Gasteiger partial charge in [0.1, 0.15) is 5.82 Å². The zero-order valence-corrected chi connectivity index (χ0v) is 14.6. The summed E-state index contributed by atoms with van der Waals surface area (Å²) in [5, 5.41) is 1.72. The number of pyridine rings is 1. The van der Waals surface area contributed by atoms with Gasteiger partial charge in [-0.05, 0) is 41.3 Å². The lowest BCUT2D eigenvalue weighted by Gasteiger charge is -2.08. The molecule has 0 spiro atoms. The fourth-order valence-corrected chi connectivity index (χ4v) is 4.06. The summed E-state index contributed by atoms with van der Waals surface area (Å²) in [5.74, 6) is -0.663. The minimum Gasteiger partial charge on any atom is -0.264 e. The first-order chi connectivity index (χ1) is 11.5. The Kier molecular flexibility index (Phi) is 4.96. The lowest BCUT2D eigenvalue weighted by atomic mass is 10.2. The van der Waals surface area contributed by atoms with Crippen molar-refractivity contribution in [2.45, 2.75) is 11.4 Å². The number of nitrogens with zero attached hydrogens (tertiary/aromatic N) is 1. The maximum absolute atomic E-state index is 13.2. The van der Waals surface area contributed by atoms with Crippen LogP contribution in [0.5, 0.6) is 0 Å². The van der Waals surface area contributed by atoms with Crippen LogP contribution >= 0.6 is 22.9 Å². The second-order valence-corrected chi connectivity index (χ2v) is 8.08. The van der Waals surface area contributed by atoms with Crippen LogP contribution in [0.1, 0.15) is 5.56 Å². The molecule has 0 aliphatic heterocycles. The largest absolute Gasteiger partial charge is 0.264 e. The Labute approximate surface area is 148 Å². The molecule has 0 saturated carbocycles. The van der Waals surface area contributed by atoms with Crippen LogP contribution in [0.4, 0.5) is 4.39 Å². The summed E-state index contributed by atoms with van der Waals surface area (Å²) < 4.78 is 40.2. The summed E-state index contributed by atoms with van der Waals surface area (Å²) in [7, 11) is -3.79. The molecule has 0 unspecified atom stereocenters. The van der Waals surface area contributed by atoms with Gasteiger partial charge < -0.3 is 0 Å². The van der Waals surface area contributed by atoms with Crippen molar-refractivity contribution in [2.75, 3.05) is 0 Å². The highest BCUT2D eigenvalue weighted by Gasteiger charge is 2.16. The fourth-order valence-electron chi connectivity index (χ4n) is 2.07. The van der Waals surface area contributed by atoms with Gasteiger partial charge in [-0.1, -0.05) is 17.7 Å². The van der Waals surface area contributed by atoms with Gasteiger partial charge in [0.25, 0.3) is 0 Å². The second kappa shape index (κ2) is 6.98. The smallest absolute Gasteiger partial charge is 0.240 e. The lowest BCUT2D eigenvalue weighted by Crippen LogP contribution is -2.23. The summed E-state index contributed by atoms with van der Waals surface area (Å²) in [6.45, 7) is 0.0730. The van der Waals surface area contributed by atoms with Crippen molar-refractivity contribution in [1.29, 1.82) is 0 Å². The van der Waals surface area contributed by atoms with Crippen molar-refractivity contribution in [3.63, 3.8) is 0 Å². The number of hydrogen-bond donors (Lipinski definition) is 1. The number of benzene rings is 1. The minimum atomic E-state index is -3.79. The number of sulfonamides is 1. The number of nitrogens with one attached hydrogen (secondary N) is 1. The highest BCUT2D eigenvalue weighted by atomic mass is 35.5. The molecule has 0 bridgehead atoms. The lowest BCUT2D eigenvalue weighted by molar-refractivity contribution is 0.580. The van der Waals surface area contributed by atoms with Crippen LogP contribution in [0.15, 0.2) is 59.1 Å². The van der Waals surface area contributed by atoms with E-state index in [1.165, 1.54) is 6.07 Å². The summed E-state index contributed by atoms with van der Waals surface area (Å²) >= 11 is 7.22. The third-order valence-corrected chi connectivity index (χ3v) is 5.88. The zero-order chi connectivity index (χ0) is 17.2. The van der Waals surface area contributed by atoms with Crippen molar-refractivity contribution in [3.05, 3.63) is 70.6 Å². The zero-order valence-electron chi connectivity index (χ0n) is 12.2. The third kappa shape index (κ3) is 3.81. The van der Waals surface area contributed by atoms with E-state index in [0.717, 1.165) is 28.1 Å².